The van der Waals surface area contributed by atoms with E-state index < -0.39 is 0 Å². The summed E-state index contributed by atoms with van der Waals surface area (Å²) in [5.74, 6) is 0.686. The zero-order valence-corrected chi connectivity index (χ0v) is 11.8. The predicted molar refractivity (Wildman–Crippen MR) is 73.6 cm³/mol. The number of hydrogen-bond donors (Lipinski definition) is 1. The smallest absolute Gasteiger partial charge is 0.104 e. The van der Waals surface area contributed by atoms with Gasteiger partial charge in [0, 0.05) is 22.8 Å². The van der Waals surface area contributed by atoms with E-state index in [1.165, 1.54) is 22.6 Å². The Balaban J connectivity index is 2.01. The quantitative estimate of drug-likeness (QED) is 0.886. The van der Waals surface area contributed by atoms with Gasteiger partial charge in [0.15, 0.2) is 0 Å². The van der Waals surface area contributed by atoms with Crippen molar-refractivity contribution >= 4 is 11.3 Å². The third kappa shape index (κ3) is 3.09. The largest absolute Gasteiger partial charge is 0.367 e. The van der Waals surface area contributed by atoms with E-state index in [9.17, 15) is 0 Å². The van der Waals surface area contributed by atoms with E-state index in [-0.39, 0.29) is 6.10 Å². The zero-order valence-electron chi connectivity index (χ0n) is 11.0. The van der Waals surface area contributed by atoms with Gasteiger partial charge in [0.2, 0.25) is 0 Å². The zero-order chi connectivity index (χ0) is 12.3. The van der Waals surface area contributed by atoms with Crippen molar-refractivity contribution in [2.24, 2.45) is 5.92 Å². The molecule has 1 aliphatic heterocycles. The highest BCUT2D eigenvalue weighted by molar-refractivity contribution is 7.12. The van der Waals surface area contributed by atoms with Gasteiger partial charge in [0.1, 0.15) is 6.10 Å². The normalized spacial score (nSPS) is 25.4. The number of ether oxygens (including phenoxy) is 1. The fourth-order valence-electron chi connectivity index (χ4n) is 2.55. The van der Waals surface area contributed by atoms with E-state index >= 15 is 0 Å². The Morgan fingerprint density at radius 1 is 1.35 bits per heavy atom. The highest BCUT2D eigenvalue weighted by Gasteiger charge is 2.28. The minimum absolute atomic E-state index is 0.257. The van der Waals surface area contributed by atoms with E-state index in [2.05, 4.69) is 38.2 Å². The van der Waals surface area contributed by atoms with Gasteiger partial charge in [-0.05, 0) is 25.0 Å². The first kappa shape index (κ1) is 13.1. The van der Waals surface area contributed by atoms with Crippen molar-refractivity contribution in [3.8, 4) is 0 Å². The first-order chi connectivity index (χ1) is 8.24. The Labute approximate surface area is 108 Å². The van der Waals surface area contributed by atoms with E-state index in [0.29, 0.717) is 12.0 Å². The lowest BCUT2D eigenvalue weighted by Crippen LogP contribution is -2.43. The summed E-state index contributed by atoms with van der Waals surface area (Å²) in [5.41, 5.74) is 0. The molecule has 1 N–H and O–H groups in total. The first-order valence-electron chi connectivity index (χ1n) is 6.67. The van der Waals surface area contributed by atoms with Crippen LogP contribution >= 0.6 is 11.3 Å². The number of hydrogen-bond acceptors (Lipinski definition) is 3. The van der Waals surface area contributed by atoms with E-state index in [0.717, 1.165) is 13.1 Å². The fourth-order valence-corrected chi connectivity index (χ4v) is 3.46. The van der Waals surface area contributed by atoms with Gasteiger partial charge in [-0.3, -0.25) is 0 Å². The molecule has 2 heterocycles. The van der Waals surface area contributed by atoms with Crippen LogP contribution in [0, 0.1) is 12.8 Å². The van der Waals surface area contributed by atoms with E-state index in [1.54, 1.807) is 0 Å². The van der Waals surface area contributed by atoms with Crippen molar-refractivity contribution in [1.82, 2.24) is 5.32 Å². The Kier molecular flexibility index (Phi) is 4.60. The Hall–Kier alpha value is -0.380. The molecule has 0 spiro atoms. The maximum atomic E-state index is 6.28. The molecule has 17 heavy (non-hydrogen) atoms. The van der Waals surface area contributed by atoms with Gasteiger partial charge < -0.3 is 10.1 Å². The lowest BCUT2D eigenvalue weighted by atomic mass is 9.95. The topological polar surface area (TPSA) is 21.3 Å². The lowest BCUT2D eigenvalue weighted by molar-refractivity contribution is -0.0673. The predicted octanol–water partition coefficient (Wildman–Crippen LogP) is 3.52. The van der Waals surface area contributed by atoms with Gasteiger partial charge in [-0.1, -0.05) is 26.7 Å². The highest BCUT2D eigenvalue weighted by Crippen LogP contribution is 2.30. The second-order valence-corrected chi connectivity index (χ2v) is 6.17. The summed E-state index contributed by atoms with van der Waals surface area (Å²) >= 11 is 1.86. The van der Waals surface area contributed by atoms with Gasteiger partial charge in [-0.25, -0.2) is 0 Å². The van der Waals surface area contributed by atoms with Crippen LogP contribution in [0.5, 0.6) is 0 Å². The summed E-state index contributed by atoms with van der Waals surface area (Å²) in [7, 11) is 0. The maximum absolute atomic E-state index is 6.28. The molecule has 0 aliphatic carbocycles. The Morgan fingerprint density at radius 2 is 2.12 bits per heavy atom. The molecule has 0 aromatic carbocycles. The highest BCUT2D eigenvalue weighted by atomic mass is 32.1. The molecule has 1 aliphatic rings. The molecule has 1 saturated heterocycles. The molecule has 1 aromatic rings. The van der Waals surface area contributed by atoms with Crippen molar-refractivity contribution in [3.63, 3.8) is 0 Å². The summed E-state index contributed by atoms with van der Waals surface area (Å²) in [6.45, 7) is 8.64. The number of nitrogens with one attached hydrogen (secondary N) is 1. The Morgan fingerprint density at radius 3 is 2.71 bits per heavy atom. The molecule has 0 amide bonds. The molecule has 2 unspecified atom stereocenters. The SMILES string of the molecule is CCC(CC)C1CNCC(c2ccc(C)s2)O1. The van der Waals surface area contributed by atoms with Crippen molar-refractivity contribution in [1.29, 1.82) is 0 Å². The minimum atomic E-state index is 0.257. The fraction of sp³-hybridized carbons (Fsp3) is 0.714. The molecule has 0 bridgehead atoms. The van der Waals surface area contributed by atoms with Crippen LogP contribution in [0.1, 0.15) is 42.5 Å². The molecule has 2 rings (SSSR count). The molecule has 1 fully saturated rings. The second kappa shape index (κ2) is 5.98. The molecule has 96 valence electrons. The lowest BCUT2D eigenvalue weighted by Gasteiger charge is -2.34. The van der Waals surface area contributed by atoms with Crippen molar-refractivity contribution in [3.05, 3.63) is 21.9 Å². The van der Waals surface area contributed by atoms with Crippen LogP contribution in [0.3, 0.4) is 0 Å². The average Bonchev–Trinajstić information content (AvgIpc) is 2.78. The van der Waals surface area contributed by atoms with Crippen LogP contribution in [0.4, 0.5) is 0 Å². The summed E-state index contributed by atoms with van der Waals surface area (Å²) in [6, 6.07) is 4.39. The van der Waals surface area contributed by atoms with Crippen LogP contribution < -0.4 is 5.32 Å². The van der Waals surface area contributed by atoms with Gasteiger partial charge in [0.25, 0.3) is 0 Å². The summed E-state index contributed by atoms with van der Waals surface area (Å²) in [4.78, 5) is 2.74. The molecule has 2 nitrogen and oxygen atoms in total. The Bertz CT molecular complexity index is 346. The number of aryl methyl sites for hydroxylation is 1. The molecule has 1 aromatic heterocycles. The standard InChI is InChI=1S/C14H23NOS/c1-4-11(5-2)12-8-15-9-13(16-12)14-7-6-10(3)17-14/h6-7,11-13,15H,4-5,8-9H2,1-3H3. The molecule has 0 radical (unpaired) electrons. The summed E-state index contributed by atoms with van der Waals surface area (Å²) < 4.78 is 6.28. The van der Waals surface area contributed by atoms with Crippen LogP contribution in [0.25, 0.3) is 0 Å². The molecule has 3 heteroatoms. The minimum Gasteiger partial charge on any atom is -0.367 e. The maximum Gasteiger partial charge on any atom is 0.104 e. The van der Waals surface area contributed by atoms with Gasteiger partial charge in [0.05, 0.1) is 6.10 Å². The van der Waals surface area contributed by atoms with Crippen molar-refractivity contribution < 1.29 is 4.74 Å². The van der Waals surface area contributed by atoms with Crippen LogP contribution in [0.15, 0.2) is 12.1 Å². The van der Waals surface area contributed by atoms with Crippen LogP contribution in [-0.4, -0.2) is 19.2 Å². The second-order valence-electron chi connectivity index (χ2n) is 4.85. The number of rotatable bonds is 4. The monoisotopic (exact) mass is 253 g/mol. The molecular formula is C14H23NOS. The van der Waals surface area contributed by atoms with Gasteiger partial charge in [-0.15, -0.1) is 11.3 Å². The average molecular weight is 253 g/mol. The summed E-state index contributed by atoms with van der Waals surface area (Å²) in [5, 5.41) is 3.52. The molecule has 2 atom stereocenters. The van der Waals surface area contributed by atoms with Crippen LogP contribution in [-0.2, 0) is 4.74 Å². The van der Waals surface area contributed by atoms with Crippen molar-refractivity contribution in [2.45, 2.75) is 45.8 Å². The third-order valence-electron chi connectivity index (χ3n) is 3.67. The van der Waals surface area contributed by atoms with Crippen molar-refractivity contribution in [2.75, 3.05) is 13.1 Å². The van der Waals surface area contributed by atoms with Gasteiger partial charge in [-0.2, -0.15) is 0 Å². The van der Waals surface area contributed by atoms with Crippen LogP contribution in [0.2, 0.25) is 0 Å². The molecular weight excluding hydrogens is 230 g/mol. The van der Waals surface area contributed by atoms with Gasteiger partial charge >= 0.3 is 0 Å². The summed E-state index contributed by atoms with van der Waals surface area (Å²) in [6.07, 6.45) is 3.05. The van der Waals surface area contributed by atoms with E-state index in [1.807, 2.05) is 11.3 Å². The first-order valence-corrected chi connectivity index (χ1v) is 7.48. The third-order valence-corrected chi connectivity index (χ3v) is 4.76. The molecule has 0 saturated carbocycles. The number of thiophene rings is 1. The number of morpholine rings is 1. The van der Waals surface area contributed by atoms with E-state index in [4.69, 9.17) is 4.74 Å².